The number of esters is 1. The number of nitrogens with one attached hydrogen (secondary N) is 1. The van der Waals surface area contributed by atoms with Crippen LogP contribution in [0.5, 0.6) is 0 Å². The molecule has 1 unspecified atom stereocenters. The number of ether oxygens (including phenoxy) is 1. The van der Waals surface area contributed by atoms with E-state index in [0.717, 1.165) is 10.0 Å². The van der Waals surface area contributed by atoms with E-state index in [1.54, 1.807) is 0 Å². The molecule has 1 aromatic heterocycles. The predicted octanol–water partition coefficient (Wildman–Crippen LogP) is 2.62. The van der Waals surface area contributed by atoms with E-state index in [4.69, 9.17) is 11.6 Å². The number of anilines is 1. The van der Waals surface area contributed by atoms with Gasteiger partial charge in [0.15, 0.2) is 0 Å². The maximum atomic E-state index is 11.1. The SMILES string of the molecule is COC(=O)C(C)CNc1csc(Cl)c1. The van der Waals surface area contributed by atoms with Gasteiger partial charge in [0.05, 0.1) is 17.4 Å². The summed E-state index contributed by atoms with van der Waals surface area (Å²) in [6, 6.07) is 1.83. The van der Waals surface area contributed by atoms with E-state index in [-0.39, 0.29) is 11.9 Å². The number of hydrogen-bond acceptors (Lipinski definition) is 4. The van der Waals surface area contributed by atoms with Crippen LogP contribution in [0.3, 0.4) is 0 Å². The molecule has 1 rings (SSSR count). The van der Waals surface area contributed by atoms with E-state index in [0.29, 0.717) is 6.54 Å². The fourth-order valence-corrected chi connectivity index (χ4v) is 1.80. The molecular weight excluding hydrogens is 222 g/mol. The standard InChI is InChI=1S/C9H12ClNO2S/c1-6(9(12)13-2)4-11-7-3-8(10)14-5-7/h3,5-6,11H,4H2,1-2H3. The molecular formula is C9H12ClNO2S. The molecule has 1 atom stereocenters. The molecule has 5 heteroatoms. The molecule has 0 aromatic carbocycles. The Kier molecular flexibility index (Phi) is 4.22. The average Bonchev–Trinajstić information content (AvgIpc) is 2.59. The largest absolute Gasteiger partial charge is 0.469 e. The molecule has 0 amide bonds. The first-order valence-electron chi connectivity index (χ1n) is 4.19. The molecule has 1 N–H and O–H groups in total. The Balaban J connectivity index is 2.37. The van der Waals surface area contributed by atoms with Crippen LogP contribution in [0, 0.1) is 5.92 Å². The fraction of sp³-hybridized carbons (Fsp3) is 0.444. The minimum absolute atomic E-state index is 0.154. The first kappa shape index (κ1) is 11.3. The number of hydrogen-bond donors (Lipinski definition) is 1. The van der Waals surface area contributed by atoms with Crippen LogP contribution in [0.1, 0.15) is 6.92 Å². The van der Waals surface area contributed by atoms with Crippen LogP contribution in [0.25, 0.3) is 0 Å². The van der Waals surface area contributed by atoms with Crippen molar-refractivity contribution < 1.29 is 9.53 Å². The fourth-order valence-electron chi connectivity index (χ4n) is 0.958. The van der Waals surface area contributed by atoms with Gasteiger partial charge >= 0.3 is 5.97 Å². The van der Waals surface area contributed by atoms with E-state index < -0.39 is 0 Å². The highest BCUT2D eigenvalue weighted by Gasteiger charge is 2.12. The van der Waals surface area contributed by atoms with Gasteiger partial charge < -0.3 is 10.1 Å². The summed E-state index contributed by atoms with van der Waals surface area (Å²) in [5.41, 5.74) is 0.941. The van der Waals surface area contributed by atoms with Crippen LogP contribution in [0.2, 0.25) is 4.34 Å². The van der Waals surface area contributed by atoms with Crippen LogP contribution >= 0.6 is 22.9 Å². The lowest BCUT2D eigenvalue weighted by Crippen LogP contribution is -2.21. The lowest BCUT2D eigenvalue weighted by Gasteiger charge is -2.09. The third kappa shape index (κ3) is 3.20. The number of carbonyl (C=O) groups is 1. The van der Waals surface area contributed by atoms with Crippen LogP contribution in [0.15, 0.2) is 11.4 Å². The molecule has 1 heterocycles. The lowest BCUT2D eigenvalue weighted by molar-refractivity contribution is -0.144. The van der Waals surface area contributed by atoms with Gasteiger partial charge in [-0.15, -0.1) is 11.3 Å². The van der Waals surface area contributed by atoms with Gasteiger partial charge in [0, 0.05) is 17.6 Å². The van der Waals surface area contributed by atoms with Crippen molar-refractivity contribution in [2.45, 2.75) is 6.92 Å². The van der Waals surface area contributed by atoms with Gasteiger partial charge in [-0.25, -0.2) is 0 Å². The quantitative estimate of drug-likeness (QED) is 0.813. The Morgan fingerprint density at radius 1 is 1.79 bits per heavy atom. The van der Waals surface area contributed by atoms with Crippen molar-refractivity contribution in [3.05, 3.63) is 15.8 Å². The van der Waals surface area contributed by atoms with Crippen molar-refractivity contribution in [1.82, 2.24) is 0 Å². The van der Waals surface area contributed by atoms with Gasteiger partial charge in [-0.3, -0.25) is 4.79 Å². The minimum Gasteiger partial charge on any atom is -0.469 e. The monoisotopic (exact) mass is 233 g/mol. The topological polar surface area (TPSA) is 38.3 Å². The Bertz CT molecular complexity index is 314. The molecule has 0 aliphatic carbocycles. The molecule has 0 spiro atoms. The Hall–Kier alpha value is -0.740. The molecule has 0 saturated carbocycles. The number of thiophene rings is 1. The smallest absolute Gasteiger partial charge is 0.310 e. The Morgan fingerprint density at radius 2 is 2.50 bits per heavy atom. The van der Waals surface area contributed by atoms with Crippen molar-refractivity contribution in [3.8, 4) is 0 Å². The van der Waals surface area contributed by atoms with E-state index in [2.05, 4.69) is 10.1 Å². The number of rotatable bonds is 4. The van der Waals surface area contributed by atoms with Crippen molar-refractivity contribution in [2.75, 3.05) is 19.0 Å². The Morgan fingerprint density at radius 3 is 3.00 bits per heavy atom. The normalized spacial score (nSPS) is 12.2. The summed E-state index contributed by atoms with van der Waals surface area (Å²) in [5, 5.41) is 5.01. The average molecular weight is 234 g/mol. The molecule has 1 aromatic rings. The molecule has 0 bridgehead atoms. The summed E-state index contributed by atoms with van der Waals surface area (Å²) in [7, 11) is 1.39. The third-order valence-electron chi connectivity index (χ3n) is 1.78. The molecule has 78 valence electrons. The molecule has 0 aliphatic rings. The lowest BCUT2D eigenvalue weighted by atomic mass is 10.2. The van der Waals surface area contributed by atoms with E-state index in [1.165, 1.54) is 18.4 Å². The van der Waals surface area contributed by atoms with Gasteiger partial charge in [0.1, 0.15) is 0 Å². The first-order valence-corrected chi connectivity index (χ1v) is 5.45. The highest BCUT2D eigenvalue weighted by atomic mass is 35.5. The zero-order chi connectivity index (χ0) is 10.6. The summed E-state index contributed by atoms with van der Waals surface area (Å²) in [6.07, 6.45) is 0. The van der Waals surface area contributed by atoms with Crippen molar-refractivity contribution in [1.29, 1.82) is 0 Å². The van der Waals surface area contributed by atoms with Gasteiger partial charge in [0.2, 0.25) is 0 Å². The van der Waals surface area contributed by atoms with Crippen LogP contribution in [-0.2, 0) is 9.53 Å². The Labute approximate surface area is 92.0 Å². The molecule has 3 nitrogen and oxygen atoms in total. The second-order valence-corrected chi connectivity index (χ2v) is 4.49. The highest BCUT2D eigenvalue weighted by Crippen LogP contribution is 2.23. The number of halogens is 1. The molecule has 0 aliphatic heterocycles. The van der Waals surface area contributed by atoms with Gasteiger partial charge in [-0.2, -0.15) is 0 Å². The zero-order valence-corrected chi connectivity index (χ0v) is 9.61. The second kappa shape index (κ2) is 5.22. The van der Waals surface area contributed by atoms with E-state index in [1.807, 2.05) is 18.4 Å². The van der Waals surface area contributed by atoms with Crippen molar-refractivity contribution in [3.63, 3.8) is 0 Å². The third-order valence-corrected chi connectivity index (χ3v) is 2.87. The van der Waals surface area contributed by atoms with Crippen LogP contribution in [-0.4, -0.2) is 19.6 Å². The number of carbonyl (C=O) groups excluding carboxylic acids is 1. The molecule has 0 fully saturated rings. The van der Waals surface area contributed by atoms with Crippen molar-refractivity contribution in [2.24, 2.45) is 5.92 Å². The molecule has 0 saturated heterocycles. The second-order valence-electron chi connectivity index (χ2n) is 2.94. The molecule has 14 heavy (non-hydrogen) atoms. The summed E-state index contributed by atoms with van der Waals surface area (Å²) in [5.74, 6) is -0.363. The summed E-state index contributed by atoms with van der Waals surface area (Å²) >= 11 is 7.21. The van der Waals surface area contributed by atoms with Gasteiger partial charge in [-0.1, -0.05) is 18.5 Å². The molecule has 0 radical (unpaired) electrons. The first-order chi connectivity index (χ1) is 6.63. The summed E-state index contributed by atoms with van der Waals surface area (Å²) < 4.78 is 5.34. The van der Waals surface area contributed by atoms with Crippen molar-refractivity contribution >= 4 is 34.6 Å². The maximum absolute atomic E-state index is 11.1. The van der Waals surface area contributed by atoms with E-state index in [9.17, 15) is 4.79 Å². The van der Waals surface area contributed by atoms with E-state index >= 15 is 0 Å². The summed E-state index contributed by atoms with van der Waals surface area (Å²) in [6.45, 7) is 2.37. The summed E-state index contributed by atoms with van der Waals surface area (Å²) in [4.78, 5) is 11.1. The highest BCUT2D eigenvalue weighted by molar-refractivity contribution is 7.14. The van der Waals surface area contributed by atoms with Crippen LogP contribution in [0.4, 0.5) is 5.69 Å². The van der Waals surface area contributed by atoms with Gasteiger partial charge in [0.25, 0.3) is 0 Å². The zero-order valence-electron chi connectivity index (χ0n) is 8.04. The van der Waals surface area contributed by atoms with Gasteiger partial charge in [-0.05, 0) is 6.07 Å². The maximum Gasteiger partial charge on any atom is 0.310 e. The predicted molar refractivity (Wildman–Crippen MR) is 59.0 cm³/mol. The number of methoxy groups -OCH3 is 1. The minimum atomic E-state index is -0.209. The van der Waals surface area contributed by atoms with Crippen LogP contribution < -0.4 is 5.32 Å².